The summed E-state index contributed by atoms with van der Waals surface area (Å²) in [4.78, 5) is 11.5. The van der Waals surface area contributed by atoms with Crippen molar-refractivity contribution in [1.29, 1.82) is 0 Å². The van der Waals surface area contributed by atoms with Crippen LogP contribution in [-0.2, 0) is 4.79 Å². The molecule has 0 aliphatic rings. The van der Waals surface area contributed by atoms with Crippen molar-refractivity contribution in [2.45, 2.75) is 33.1 Å². The van der Waals surface area contributed by atoms with Crippen molar-refractivity contribution in [3.63, 3.8) is 0 Å². The Labute approximate surface area is 153 Å². The smallest absolute Gasteiger partial charge is 0.310 e. The molecular formula is C21H23N3O2. The first-order valence-corrected chi connectivity index (χ1v) is 8.71. The Hall–Kier alpha value is -3.08. The minimum atomic E-state index is -0.777. The number of hydrogen-bond acceptors (Lipinski definition) is 3. The molecule has 134 valence electrons. The fourth-order valence-corrected chi connectivity index (χ4v) is 3.36. The van der Waals surface area contributed by atoms with Crippen LogP contribution in [0.15, 0.2) is 54.7 Å². The highest BCUT2D eigenvalue weighted by Crippen LogP contribution is 2.30. The standard InChI is InChI=1S/C21H23N3O2/c1-4-18(21(25)26)20-14(2)12-16(13-15(20)3)22-19-10-11-24(23-19)17-8-6-5-7-9-17/h5-13,18H,4H2,1-3H3,(H,22,23)(H,25,26). The minimum Gasteiger partial charge on any atom is -0.481 e. The summed E-state index contributed by atoms with van der Waals surface area (Å²) in [7, 11) is 0. The lowest BCUT2D eigenvalue weighted by molar-refractivity contribution is -0.138. The summed E-state index contributed by atoms with van der Waals surface area (Å²) >= 11 is 0. The third kappa shape index (κ3) is 3.61. The van der Waals surface area contributed by atoms with Crippen LogP contribution in [0.2, 0.25) is 0 Å². The van der Waals surface area contributed by atoms with Gasteiger partial charge in [-0.1, -0.05) is 25.1 Å². The predicted molar refractivity (Wildman–Crippen MR) is 103 cm³/mol. The second kappa shape index (κ2) is 7.44. The largest absolute Gasteiger partial charge is 0.481 e. The zero-order chi connectivity index (χ0) is 18.7. The van der Waals surface area contributed by atoms with Crippen LogP contribution < -0.4 is 5.32 Å². The van der Waals surface area contributed by atoms with Gasteiger partial charge in [0.15, 0.2) is 5.82 Å². The summed E-state index contributed by atoms with van der Waals surface area (Å²) in [6, 6.07) is 15.8. The van der Waals surface area contributed by atoms with Gasteiger partial charge in [0.25, 0.3) is 0 Å². The van der Waals surface area contributed by atoms with Crippen molar-refractivity contribution in [2.75, 3.05) is 5.32 Å². The van der Waals surface area contributed by atoms with Crippen LogP contribution in [0.4, 0.5) is 11.5 Å². The molecule has 0 aliphatic carbocycles. The normalized spacial score (nSPS) is 12.0. The second-order valence-electron chi connectivity index (χ2n) is 6.43. The van der Waals surface area contributed by atoms with E-state index in [0.29, 0.717) is 6.42 Å². The summed E-state index contributed by atoms with van der Waals surface area (Å²) in [6.45, 7) is 5.82. The molecule has 3 rings (SSSR count). The Morgan fingerprint density at radius 3 is 2.38 bits per heavy atom. The molecule has 5 nitrogen and oxygen atoms in total. The number of benzene rings is 2. The summed E-state index contributed by atoms with van der Waals surface area (Å²) in [6.07, 6.45) is 2.48. The van der Waals surface area contributed by atoms with Crippen LogP contribution in [0.25, 0.3) is 5.69 Å². The lowest BCUT2D eigenvalue weighted by Gasteiger charge is -2.18. The molecule has 2 N–H and O–H groups in total. The lowest BCUT2D eigenvalue weighted by Crippen LogP contribution is -2.13. The summed E-state index contributed by atoms with van der Waals surface area (Å²) in [5.74, 6) is -0.506. The van der Waals surface area contributed by atoms with Gasteiger partial charge in [-0.15, -0.1) is 0 Å². The van der Waals surface area contributed by atoms with Crippen molar-refractivity contribution in [1.82, 2.24) is 9.78 Å². The monoisotopic (exact) mass is 349 g/mol. The molecule has 1 aromatic heterocycles. The highest BCUT2D eigenvalue weighted by atomic mass is 16.4. The number of aliphatic carboxylic acids is 1. The van der Waals surface area contributed by atoms with Gasteiger partial charge in [0, 0.05) is 18.0 Å². The molecule has 0 amide bonds. The van der Waals surface area contributed by atoms with E-state index in [0.717, 1.165) is 33.9 Å². The maximum absolute atomic E-state index is 11.5. The number of carboxylic acids is 1. The van der Waals surface area contributed by atoms with Crippen molar-refractivity contribution in [3.8, 4) is 5.69 Å². The van der Waals surface area contributed by atoms with E-state index in [1.54, 1.807) is 0 Å². The average molecular weight is 349 g/mol. The number of anilines is 2. The summed E-state index contributed by atoms with van der Waals surface area (Å²) < 4.78 is 1.81. The third-order valence-electron chi connectivity index (χ3n) is 4.53. The highest BCUT2D eigenvalue weighted by Gasteiger charge is 2.22. The van der Waals surface area contributed by atoms with Gasteiger partial charge in [-0.3, -0.25) is 4.79 Å². The van der Waals surface area contributed by atoms with Gasteiger partial charge < -0.3 is 10.4 Å². The fraction of sp³-hybridized carbons (Fsp3) is 0.238. The van der Waals surface area contributed by atoms with E-state index in [1.165, 1.54) is 0 Å². The van der Waals surface area contributed by atoms with Crippen LogP contribution in [0.5, 0.6) is 0 Å². The molecule has 2 aromatic carbocycles. The summed E-state index contributed by atoms with van der Waals surface area (Å²) in [5.41, 5.74) is 4.76. The number of hydrogen-bond donors (Lipinski definition) is 2. The highest BCUT2D eigenvalue weighted by molar-refractivity contribution is 5.78. The van der Waals surface area contributed by atoms with E-state index in [1.807, 2.05) is 80.2 Å². The molecule has 0 aliphatic heterocycles. The molecule has 0 bridgehead atoms. The first-order chi connectivity index (χ1) is 12.5. The van der Waals surface area contributed by atoms with Crippen molar-refractivity contribution < 1.29 is 9.90 Å². The Morgan fingerprint density at radius 2 is 1.81 bits per heavy atom. The Morgan fingerprint density at radius 1 is 1.15 bits per heavy atom. The number of para-hydroxylation sites is 1. The zero-order valence-electron chi connectivity index (χ0n) is 15.2. The quantitative estimate of drug-likeness (QED) is 0.670. The van der Waals surface area contributed by atoms with Gasteiger partial charge in [0.05, 0.1) is 11.6 Å². The second-order valence-corrected chi connectivity index (χ2v) is 6.43. The molecule has 1 unspecified atom stereocenters. The van der Waals surface area contributed by atoms with Gasteiger partial charge in [0.1, 0.15) is 0 Å². The SMILES string of the molecule is CCC(C(=O)O)c1c(C)cc(Nc2ccn(-c3ccccc3)n2)cc1C. The third-order valence-corrected chi connectivity index (χ3v) is 4.53. The topological polar surface area (TPSA) is 67.2 Å². The van der Waals surface area contributed by atoms with Crippen LogP contribution in [-0.4, -0.2) is 20.9 Å². The van der Waals surface area contributed by atoms with E-state index >= 15 is 0 Å². The molecule has 0 spiro atoms. The predicted octanol–water partition coefficient (Wildman–Crippen LogP) is 4.81. The van der Waals surface area contributed by atoms with Gasteiger partial charge in [-0.05, 0) is 61.2 Å². The average Bonchev–Trinajstić information content (AvgIpc) is 3.07. The number of aromatic nitrogens is 2. The molecule has 1 atom stereocenters. The maximum atomic E-state index is 11.5. The van der Waals surface area contributed by atoms with Gasteiger partial charge in [-0.25, -0.2) is 4.68 Å². The molecule has 3 aromatic rings. The maximum Gasteiger partial charge on any atom is 0.310 e. The van der Waals surface area contributed by atoms with Gasteiger partial charge in [0.2, 0.25) is 0 Å². The number of rotatable bonds is 6. The molecule has 0 fully saturated rings. The van der Waals surface area contributed by atoms with Crippen LogP contribution >= 0.6 is 0 Å². The molecule has 0 saturated carbocycles. The number of nitrogens with one attached hydrogen (secondary N) is 1. The molecule has 0 radical (unpaired) electrons. The molecular weight excluding hydrogens is 326 g/mol. The summed E-state index contributed by atoms with van der Waals surface area (Å²) in [5, 5.41) is 17.3. The van der Waals surface area contributed by atoms with E-state index in [9.17, 15) is 9.90 Å². The van der Waals surface area contributed by atoms with E-state index < -0.39 is 11.9 Å². The fourth-order valence-electron chi connectivity index (χ4n) is 3.36. The first kappa shape index (κ1) is 17.7. The Kier molecular flexibility index (Phi) is 5.07. The van der Waals surface area contributed by atoms with E-state index in [4.69, 9.17) is 0 Å². The number of nitrogens with zero attached hydrogens (tertiary/aromatic N) is 2. The minimum absolute atomic E-state index is 0.471. The van der Waals surface area contributed by atoms with Crippen LogP contribution in [0.3, 0.4) is 0 Å². The van der Waals surface area contributed by atoms with Crippen LogP contribution in [0, 0.1) is 13.8 Å². The van der Waals surface area contributed by atoms with Crippen molar-refractivity contribution in [2.24, 2.45) is 0 Å². The molecule has 5 heteroatoms. The molecule has 0 saturated heterocycles. The van der Waals surface area contributed by atoms with Gasteiger partial charge in [-0.2, -0.15) is 5.10 Å². The first-order valence-electron chi connectivity index (χ1n) is 8.71. The Balaban J connectivity index is 1.85. The zero-order valence-corrected chi connectivity index (χ0v) is 15.2. The molecule has 26 heavy (non-hydrogen) atoms. The number of carbonyl (C=O) groups is 1. The van der Waals surface area contributed by atoms with Crippen LogP contribution in [0.1, 0.15) is 36.0 Å². The van der Waals surface area contributed by atoms with E-state index in [-0.39, 0.29) is 0 Å². The van der Waals surface area contributed by atoms with E-state index in [2.05, 4.69) is 10.4 Å². The lowest BCUT2D eigenvalue weighted by atomic mass is 9.88. The Bertz CT molecular complexity index is 893. The van der Waals surface area contributed by atoms with Crippen molar-refractivity contribution in [3.05, 3.63) is 71.4 Å². The molecule has 1 heterocycles. The number of aryl methyl sites for hydroxylation is 2. The number of carboxylic acid groups (broad SMARTS) is 1. The van der Waals surface area contributed by atoms with Gasteiger partial charge >= 0.3 is 5.97 Å². The van der Waals surface area contributed by atoms with Crippen molar-refractivity contribution >= 4 is 17.5 Å².